The first-order valence-electron chi connectivity index (χ1n) is 13.6. The molecule has 8 heteroatoms. The highest BCUT2D eigenvalue weighted by molar-refractivity contribution is 6.35. The summed E-state index contributed by atoms with van der Waals surface area (Å²) in [5.41, 5.74) is 7.73. The van der Waals surface area contributed by atoms with E-state index in [4.69, 9.17) is 9.47 Å². The number of amides is 2. The number of benzene rings is 2. The van der Waals surface area contributed by atoms with E-state index in [-0.39, 0.29) is 11.8 Å². The lowest BCUT2D eigenvalue weighted by Crippen LogP contribution is -2.41. The van der Waals surface area contributed by atoms with Gasteiger partial charge in [0.2, 0.25) is 0 Å². The van der Waals surface area contributed by atoms with Crippen molar-refractivity contribution in [2.45, 2.75) is 19.8 Å². The van der Waals surface area contributed by atoms with E-state index in [2.05, 4.69) is 15.2 Å². The monoisotopic (exact) mass is 526 g/mol. The molecule has 39 heavy (non-hydrogen) atoms. The van der Waals surface area contributed by atoms with Gasteiger partial charge in [0.15, 0.2) is 0 Å². The van der Waals surface area contributed by atoms with Crippen molar-refractivity contribution < 1.29 is 19.1 Å². The number of methoxy groups -OCH3 is 1. The van der Waals surface area contributed by atoms with E-state index in [9.17, 15) is 9.59 Å². The summed E-state index contributed by atoms with van der Waals surface area (Å²) in [6.45, 7) is 7.92. The second kappa shape index (κ2) is 10.7. The largest absolute Gasteiger partial charge is 0.497 e. The molecule has 202 valence electrons. The Kier molecular flexibility index (Phi) is 6.97. The van der Waals surface area contributed by atoms with Gasteiger partial charge < -0.3 is 24.7 Å². The third kappa shape index (κ3) is 4.97. The molecule has 2 amide bonds. The standard InChI is InChI=1S/C31H34N4O4/c1-20-28(32-27-10-13-35(31(37)29(20)27)12-3-11-34-14-16-39-17-15-34)19-25-24-18-22(6-9-26(24)33-30(25)36)21-4-7-23(38-2)8-5-21/h4-9,18-19,32H,3,10-17H2,1-2H3,(H,33,36)/b25-19-. The van der Waals surface area contributed by atoms with Crippen LogP contribution in [0.3, 0.4) is 0 Å². The minimum atomic E-state index is -0.139. The predicted molar refractivity (Wildman–Crippen MR) is 152 cm³/mol. The van der Waals surface area contributed by atoms with Crippen LogP contribution in [-0.4, -0.2) is 79.6 Å². The predicted octanol–water partition coefficient (Wildman–Crippen LogP) is 4.21. The Hall–Kier alpha value is -3.88. The Morgan fingerprint density at radius 1 is 1.00 bits per heavy atom. The van der Waals surface area contributed by atoms with Crippen LogP contribution in [0.5, 0.6) is 5.75 Å². The van der Waals surface area contributed by atoms with Crippen LogP contribution in [0.4, 0.5) is 5.69 Å². The van der Waals surface area contributed by atoms with Crippen molar-refractivity contribution in [3.8, 4) is 16.9 Å². The first-order chi connectivity index (χ1) is 19.0. The molecule has 1 saturated heterocycles. The molecule has 3 aliphatic heterocycles. The van der Waals surface area contributed by atoms with E-state index in [1.54, 1.807) is 7.11 Å². The Labute approximate surface area is 228 Å². The van der Waals surface area contributed by atoms with Gasteiger partial charge in [0.25, 0.3) is 11.8 Å². The number of rotatable bonds is 7. The third-order valence-electron chi connectivity index (χ3n) is 8.02. The van der Waals surface area contributed by atoms with Crippen molar-refractivity contribution in [3.63, 3.8) is 0 Å². The van der Waals surface area contributed by atoms with Gasteiger partial charge in [-0.2, -0.15) is 0 Å². The van der Waals surface area contributed by atoms with Gasteiger partial charge in [-0.15, -0.1) is 0 Å². The number of H-pyrrole nitrogens is 1. The number of carbonyl (C=O) groups excluding carboxylic acids is 2. The van der Waals surface area contributed by atoms with Gasteiger partial charge in [0.1, 0.15) is 5.75 Å². The molecule has 3 aliphatic rings. The number of anilines is 1. The molecule has 6 rings (SSSR count). The lowest BCUT2D eigenvalue weighted by Gasteiger charge is -2.30. The van der Waals surface area contributed by atoms with Gasteiger partial charge in [-0.1, -0.05) is 18.2 Å². The molecule has 2 N–H and O–H groups in total. The minimum Gasteiger partial charge on any atom is -0.497 e. The number of hydrogen-bond acceptors (Lipinski definition) is 5. The van der Waals surface area contributed by atoms with Crippen LogP contribution in [-0.2, 0) is 16.0 Å². The van der Waals surface area contributed by atoms with Crippen molar-refractivity contribution in [2.24, 2.45) is 0 Å². The van der Waals surface area contributed by atoms with Crippen LogP contribution < -0.4 is 10.1 Å². The summed E-state index contributed by atoms with van der Waals surface area (Å²) in [6, 6.07) is 13.9. The first kappa shape index (κ1) is 25.4. The number of fused-ring (bicyclic) bond motifs is 2. The molecule has 3 aromatic rings. The van der Waals surface area contributed by atoms with Crippen LogP contribution in [0.2, 0.25) is 0 Å². The molecule has 2 aromatic carbocycles. The summed E-state index contributed by atoms with van der Waals surface area (Å²) in [5, 5.41) is 2.98. The van der Waals surface area contributed by atoms with E-state index in [0.29, 0.717) is 12.1 Å². The van der Waals surface area contributed by atoms with Crippen LogP contribution in [0.25, 0.3) is 22.8 Å². The summed E-state index contributed by atoms with van der Waals surface area (Å²) < 4.78 is 10.7. The SMILES string of the molecule is COc1ccc(-c2ccc3c(c2)/C(=C/c2[nH]c4c(c2C)C(=O)N(CCCN2CCOCC2)CC4)C(=O)N3)cc1. The second-order valence-electron chi connectivity index (χ2n) is 10.4. The fraction of sp³-hybridized carbons (Fsp3) is 0.355. The average Bonchev–Trinajstić information content (AvgIpc) is 3.46. The molecule has 0 aliphatic carbocycles. The molecule has 4 heterocycles. The molecule has 0 spiro atoms. The summed E-state index contributed by atoms with van der Waals surface area (Å²) in [7, 11) is 1.65. The number of aromatic amines is 1. The Morgan fingerprint density at radius 2 is 1.77 bits per heavy atom. The maximum absolute atomic E-state index is 13.4. The van der Waals surface area contributed by atoms with Crippen LogP contribution in [0.1, 0.15) is 39.3 Å². The molecule has 0 atom stereocenters. The number of aromatic nitrogens is 1. The number of nitrogens with zero attached hydrogens (tertiary/aromatic N) is 2. The maximum Gasteiger partial charge on any atom is 0.256 e. The van der Waals surface area contributed by atoms with Crippen molar-refractivity contribution in [2.75, 3.05) is 58.4 Å². The van der Waals surface area contributed by atoms with Crippen LogP contribution in [0.15, 0.2) is 42.5 Å². The van der Waals surface area contributed by atoms with Crippen molar-refractivity contribution >= 4 is 29.2 Å². The molecular weight excluding hydrogens is 492 g/mol. The number of nitrogens with one attached hydrogen (secondary N) is 2. The zero-order valence-corrected chi connectivity index (χ0v) is 22.5. The molecule has 0 saturated carbocycles. The van der Waals surface area contributed by atoms with Crippen molar-refractivity contribution in [3.05, 3.63) is 70.5 Å². The highest BCUT2D eigenvalue weighted by Gasteiger charge is 2.30. The minimum absolute atomic E-state index is 0.0784. The zero-order chi connectivity index (χ0) is 26.9. The fourth-order valence-corrected chi connectivity index (χ4v) is 5.77. The average molecular weight is 527 g/mol. The Balaban J connectivity index is 1.22. The Morgan fingerprint density at radius 3 is 2.54 bits per heavy atom. The van der Waals surface area contributed by atoms with Gasteiger partial charge in [-0.25, -0.2) is 0 Å². The fourth-order valence-electron chi connectivity index (χ4n) is 5.77. The summed E-state index contributed by atoms with van der Waals surface area (Å²) in [6.07, 6.45) is 3.63. The molecule has 0 unspecified atom stereocenters. The van der Waals surface area contributed by atoms with Crippen molar-refractivity contribution in [1.29, 1.82) is 0 Å². The van der Waals surface area contributed by atoms with Gasteiger partial charge in [-0.3, -0.25) is 14.5 Å². The van der Waals surface area contributed by atoms with E-state index >= 15 is 0 Å². The van der Waals surface area contributed by atoms with Crippen LogP contribution in [0, 0.1) is 6.92 Å². The third-order valence-corrected chi connectivity index (χ3v) is 8.02. The highest BCUT2D eigenvalue weighted by atomic mass is 16.5. The lowest BCUT2D eigenvalue weighted by molar-refractivity contribution is -0.110. The molecule has 8 nitrogen and oxygen atoms in total. The number of morpholine rings is 1. The lowest BCUT2D eigenvalue weighted by atomic mass is 9.98. The van der Waals surface area contributed by atoms with E-state index in [1.807, 2.05) is 60.4 Å². The molecule has 1 aromatic heterocycles. The summed E-state index contributed by atoms with van der Waals surface area (Å²) >= 11 is 0. The molecule has 0 bridgehead atoms. The second-order valence-corrected chi connectivity index (χ2v) is 10.4. The summed E-state index contributed by atoms with van der Waals surface area (Å²) in [4.78, 5) is 34.3. The quantitative estimate of drug-likeness (QED) is 0.451. The first-order valence-corrected chi connectivity index (χ1v) is 13.6. The van der Waals surface area contributed by atoms with Crippen LogP contribution >= 0.6 is 0 Å². The molecule has 0 radical (unpaired) electrons. The smallest absolute Gasteiger partial charge is 0.256 e. The molecule has 1 fully saturated rings. The van der Waals surface area contributed by atoms with E-state index < -0.39 is 0 Å². The van der Waals surface area contributed by atoms with Gasteiger partial charge in [-0.05, 0) is 60.4 Å². The van der Waals surface area contributed by atoms with E-state index in [1.165, 1.54) is 0 Å². The maximum atomic E-state index is 13.4. The van der Waals surface area contributed by atoms with Gasteiger partial charge >= 0.3 is 0 Å². The number of ether oxygens (including phenoxy) is 2. The number of carbonyl (C=O) groups is 2. The van der Waals surface area contributed by atoms with Crippen molar-refractivity contribution in [1.82, 2.24) is 14.8 Å². The van der Waals surface area contributed by atoms with Gasteiger partial charge in [0.05, 0.1) is 31.5 Å². The normalized spacial score (nSPS) is 18.3. The van der Waals surface area contributed by atoms with Gasteiger partial charge in [0, 0.05) is 61.8 Å². The van der Waals surface area contributed by atoms with E-state index in [0.717, 1.165) is 103 Å². The summed E-state index contributed by atoms with van der Waals surface area (Å²) in [5.74, 6) is 0.739. The molecular formula is C31H34N4O4. The Bertz CT molecular complexity index is 1430. The topological polar surface area (TPSA) is 86.9 Å². The highest BCUT2D eigenvalue weighted by Crippen LogP contribution is 2.37. The number of hydrogen-bond donors (Lipinski definition) is 2. The zero-order valence-electron chi connectivity index (χ0n) is 22.5.